The summed E-state index contributed by atoms with van der Waals surface area (Å²) in [5, 5.41) is 12.7. The summed E-state index contributed by atoms with van der Waals surface area (Å²) >= 11 is 0. The van der Waals surface area contributed by atoms with E-state index in [0.717, 1.165) is 5.56 Å². The molecule has 0 bridgehead atoms. The normalized spacial score (nSPS) is 10.3. The number of halogens is 1. The fraction of sp³-hybridized carbons (Fsp3) is 0.0667. The van der Waals surface area contributed by atoms with Crippen LogP contribution in [0.3, 0.4) is 0 Å². The minimum absolute atomic E-state index is 0.255. The molecule has 3 rings (SSSR count). The van der Waals surface area contributed by atoms with Gasteiger partial charge in [-0.25, -0.2) is 9.37 Å². The van der Waals surface area contributed by atoms with Crippen LogP contribution in [-0.2, 0) is 0 Å². The maximum absolute atomic E-state index is 13.4. The number of benzene rings is 1. The van der Waals surface area contributed by atoms with Gasteiger partial charge in [0.05, 0.1) is 0 Å². The van der Waals surface area contributed by atoms with E-state index < -0.39 is 0 Å². The fourth-order valence-corrected chi connectivity index (χ4v) is 1.95. The summed E-state index contributed by atoms with van der Waals surface area (Å²) in [6.07, 6.45) is 1.49. The average molecular weight is 280 g/mol. The highest BCUT2D eigenvalue weighted by Crippen LogP contribution is 2.23. The van der Waals surface area contributed by atoms with Gasteiger partial charge in [-0.1, -0.05) is 5.16 Å². The first-order valence-corrected chi connectivity index (χ1v) is 6.13. The smallest absolute Gasteiger partial charge is 0.258 e. The topological polar surface area (TPSA) is 75.6 Å². The number of pyridine rings is 1. The summed E-state index contributed by atoms with van der Waals surface area (Å²) in [5.41, 5.74) is 2.16. The molecule has 0 aliphatic carbocycles. The van der Waals surface area contributed by atoms with Crippen LogP contribution < -0.4 is 0 Å². The molecule has 5 nitrogen and oxygen atoms in total. The SMILES string of the molecule is Cc1cc(F)cc(-c2noc(-c3ccnc(C#N)c3)n2)c1. The summed E-state index contributed by atoms with van der Waals surface area (Å²) in [6.45, 7) is 1.79. The van der Waals surface area contributed by atoms with Gasteiger partial charge in [-0.05, 0) is 42.8 Å². The number of aryl methyl sites for hydroxylation is 1. The third-order valence-electron chi connectivity index (χ3n) is 2.85. The Labute approximate surface area is 119 Å². The molecule has 0 fully saturated rings. The highest BCUT2D eigenvalue weighted by molar-refractivity contribution is 5.60. The Balaban J connectivity index is 2.01. The average Bonchev–Trinajstić information content (AvgIpc) is 2.96. The van der Waals surface area contributed by atoms with Crippen LogP contribution >= 0.6 is 0 Å². The predicted molar refractivity (Wildman–Crippen MR) is 72.4 cm³/mol. The minimum Gasteiger partial charge on any atom is -0.334 e. The molecular weight excluding hydrogens is 271 g/mol. The van der Waals surface area contributed by atoms with Crippen LogP contribution in [0.4, 0.5) is 4.39 Å². The van der Waals surface area contributed by atoms with Gasteiger partial charge in [0.25, 0.3) is 5.89 Å². The molecule has 0 spiro atoms. The Kier molecular flexibility index (Phi) is 3.16. The van der Waals surface area contributed by atoms with Crippen molar-refractivity contribution in [2.24, 2.45) is 0 Å². The third-order valence-corrected chi connectivity index (χ3v) is 2.85. The lowest BCUT2D eigenvalue weighted by Gasteiger charge is -1.97. The van der Waals surface area contributed by atoms with Crippen LogP contribution in [0.5, 0.6) is 0 Å². The second kappa shape index (κ2) is 5.13. The van der Waals surface area contributed by atoms with Crippen LogP contribution in [0.2, 0.25) is 0 Å². The molecule has 102 valence electrons. The van der Waals surface area contributed by atoms with Crippen LogP contribution in [0.15, 0.2) is 41.1 Å². The van der Waals surface area contributed by atoms with Gasteiger partial charge in [0.1, 0.15) is 17.6 Å². The molecule has 6 heteroatoms. The van der Waals surface area contributed by atoms with Gasteiger partial charge in [0.2, 0.25) is 5.82 Å². The molecule has 3 aromatic rings. The molecule has 21 heavy (non-hydrogen) atoms. The van der Waals surface area contributed by atoms with Crippen molar-refractivity contribution < 1.29 is 8.91 Å². The molecule has 2 aromatic heterocycles. The van der Waals surface area contributed by atoms with E-state index in [-0.39, 0.29) is 17.4 Å². The number of nitriles is 1. The Morgan fingerprint density at radius 3 is 2.81 bits per heavy atom. The van der Waals surface area contributed by atoms with E-state index in [0.29, 0.717) is 17.0 Å². The monoisotopic (exact) mass is 280 g/mol. The van der Waals surface area contributed by atoms with Crippen LogP contribution in [-0.4, -0.2) is 15.1 Å². The molecule has 0 unspecified atom stereocenters. The van der Waals surface area contributed by atoms with E-state index in [1.807, 2.05) is 6.07 Å². The fourth-order valence-electron chi connectivity index (χ4n) is 1.95. The van der Waals surface area contributed by atoms with Gasteiger partial charge < -0.3 is 4.52 Å². The van der Waals surface area contributed by atoms with Gasteiger partial charge in [-0.3, -0.25) is 0 Å². The standard InChI is InChI=1S/C15H9FN4O/c1-9-4-11(6-12(16)5-9)14-19-15(21-20-14)10-2-3-18-13(7-10)8-17/h2-7H,1H3. The van der Waals surface area contributed by atoms with Gasteiger partial charge >= 0.3 is 0 Å². The molecule has 1 aromatic carbocycles. The molecule has 0 aliphatic rings. The van der Waals surface area contributed by atoms with Gasteiger partial charge in [0.15, 0.2) is 0 Å². The maximum atomic E-state index is 13.4. The van der Waals surface area contributed by atoms with Crippen molar-refractivity contribution in [3.05, 3.63) is 53.6 Å². The maximum Gasteiger partial charge on any atom is 0.258 e. The number of hydrogen-bond acceptors (Lipinski definition) is 5. The number of nitrogens with zero attached hydrogens (tertiary/aromatic N) is 4. The van der Waals surface area contributed by atoms with Crippen molar-refractivity contribution in [2.75, 3.05) is 0 Å². The lowest BCUT2D eigenvalue weighted by Crippen LogP contribution is -1.86. The van der Waals surface area contributed by atoms with Crippen molar-refractivity contribution in [3.63, 3.8) is 0 Å². The first-order valence-electron chi connectivity index (χ1n) is 6.13. The van der Waals surface area contributed by atoms with Crippen molar-refractivity contribution in [1.82, 2.24) is 15.1 Å². The van der Waals surface area contributed by atoms with Crippen LogP contribution in [0.25, 0.3) is 22.8 Å². The van der Waals surface area contributed by atoms with E-state index in [1.165, 1.54) is 18.3 Å². The first-order chi connectivity index (χ1) is 10.2. The Hall–Kier alpha value is -3.07. The van der Waals surface area contributed by atoms with Crippen molar-refractivity contribution in [3.8, 4) is 28.9 Å². The third kappa shape index (κ3) is 2.62. The molecule has 0 aliphatic heterocycles. The Morgan fingerprint density at radius 1 is 1.19 bits per heavy atom. The van der Waals surface area contributed by atoms with E-state index >= 15 is 0 Å². The van der Waals surface area contributed by atoms with Crippen molar-refractivity contribution in [2.45, 2.75) is 6.92 Å². The van der Waals surface area contributed by atoms with Gasteiger partial charge in [-0.15, -0.1) is 0 Å². The Bertz CT molecular complexity index is 831. The first kappa shape index (κ1) is 12.9. The van der Waals surface area contributed by atoms with Crippen LogP contribution in [0, 0.1) is 24.1 Å². The lowest BCUT2D eigenvalue weighted by molar-refractivity contribution is 0.432. The molecule has 0 saturated heterocycles. The van der Waals surface area contributed by atoms with E-state index in [1.54, 1.807) is 25.1 Å². The molecule has 0 atom stereocenters. The second-order valence-corrected chi connectivity index (χ2v) is 4.48. The quantitative estimate of drug-likeness (QED) is 0.720. The van der Waals surface area contributed by atoms with E-state index in [4.69, 9.17) is 9.78 Å². The molecule has 2 heterocycles. The largest absolute Gasteiger partial charge is 0.334 e. The zero-order valence-corrected chi connectivity index (χ0v) is 11.0. The summed E-state index contributed by atoms with van der Waals surface area (Å²) in [4.78, 5) is 8.10. The van der Waals surface area contributed by atoms with Crippen LogP contribution in [0.1, 0.15) is 11.3 Å². The van der Waals surface area contributed by atoms with Crippen molar-refractivity contribution >= 4 is 0 Å². The molecule has 0 N–H and O–H groups in total. The summed E-state index contributed by atoms with van der Waals surface area (Å²) in [5.74, 6) is 0.195. The van der Waals surface area contributed by atoms with E-state index in [9.17, 15) is 4.39 Å². The minimum atomic E-state index is -0.355. The summed E-state index contributed by atoms with van der Waals surface area (Å²) < 4.78 is 18.6. The lowest BCUT2D eigenvalue weighted by atomic mass is 10.1. The zero-order chi connectivity index (χ0) is 14.8. The Morgan fingerprint density at radius 2 is 2.05 bits per heavy atom. The predicted octanol–water partition coefficient (Wildman–Crippen LogP) is 3.12. The molecule has 0 radical (unpaired) electrons. The number of hydrogen-bond donors (Lipinski definition) is 0. The number of aromatic nitrogens is 3. The summed E-state index contributed by atoms with van der Waals surface area (Å²) in [7, 11) is 0. The zero-order valence-electron chi connectivity index (χ0n) is 11.0. The molecular formula is C15H9FN4O. The van der Waals surface area contributed by atoms with Crippen molar-refractivity contribution in [1.29, 1.82) is 5.26 Å². The highest BCUT2D eigenvalue weighted by atomic mass is 19.1. The molecule has 0 amide bonds. The van der Waals surface area contributed by atoms with E-state index in [2.05, 4.69) is 15.1 Å². The second-order valence-electron chi connectivity index (χ2n) is 4.48. The highest BCUT2D eigenvalue weighted by Gasteiger charge is 2.12. The number of rotatable bonds is 2. The molecule has 0 saturated carbocycles. The summed E-state index contributed by atoms with van der Waals surface area (Å²) in [6, 6.07) is 9.69. The van der Waals surface area contributed by atoms with Gasteiger partial charge in [0, 0.05) is 17.3 Å². The van der Waals surface area contributed by atoms with Gasteiger partial charge in [-0.2, -0.15) is 10.2 Å².